The molecule has 1 rings (SSSR count). The fourth-order valence-corrected chi connectivity index (χ4v) is 1.37. The van der Waals surface area contributed by atoms with Gasteiger partial charge in [-0.3, -0.25) is 4.79 Å². The van der Waals surface area contributed by atoms with E-state index >= 15 is 0 Å². The van der Waals surface area contributed by atoms with E-state index in [1.807, 2.05) is 0 Å². The highest BCUT2D eigenvalue weighted by Gasteiger charge is 2.23. The molecule has 1 aromatic rings. The van der Waals surface area contributed by atoms with Gasteiger partial charge in [0.1, 0.15) is 11.7 Å². The summed E-state index contributed by atoms with van der Waals surface area (Å²) in [5.41, 5.74) is 1.82. The number of aliphatic carboxylic acids is 1. The fourth-order valence-electron chi connectivity index (χ4n) is 0.840. The molecular formula is C8H10N2O3S. The van der Waals surface area contributed by atoms with E-state index in [1.165, 1.54) is 30.8 Å². The van der Waals surface area contributed by atoms with Crippen molar-refractivity contribution in [3.63, 3.8) is 0 Å². The van der Waals surface area contributed by atoms with Crippen LogP contribution in [0, 0.1) is 0 Å². The van der Waals surface area contributed by atoms with Gasteiger partial charge in [0.05, 0.1) is 5.51 Å². The third-order valence-electron chi connectivity index (χ3n) is 1.91. The van der Waals surface area contributed by atoms with E-state index in [4.69, 9.17) is 5.11 Å². The van der Waals surface area contributed by atoms with Crippen molar-refractivity contribution in [3.8, 4) is 0 Å². The Morgan fingerprint density at radius 1 is 1.64 bits per heavy atom. The third-order valence-corrected chi connectivity index (χ3v) is 2.50. The molecule has 0 radical (unpaired) electrons. The Kier molecular flexibility index (Phi) is 3.19. The Balaban J connectivity index is 2.76. The van der Waals surface area contributed by atoms with Crippen LogP contribution < -0.4 is 0 Å². The molecule has 0 saturated heterocycles. The van der Waals surface area contributed by atoms with E-state index in [0.29, 0.717) is 0 Å². The van der Waals surface area contributed by atoms with Gasteiger partial charge in [-0.05, 0) is 6.92 Å². The van der Waals surface area contributed by atoms with Gasteiger partial charge in [0.15, 0.2) is 0 Å². The Bertz CT molecular complexity index is 336. The van der Waals surface area contributed by atoms with Crippen molar-refractivity contribution in [2.45, 2.75) is 13.0 Å². The lowest BCUT2D eigenvalue weighted by atomic mass is 10.3. The second kappa shape index (κ2) is 4.19. The average molecular weight is 214 g/mol. The minimum absolute atomic E-state index is 0.283. The van der Waals surface area contributed by atoms with Gasteiger partial charge in [-0.2, -0.15) is 0 Å². The molecule has 1 aromatic heterocycles. The number of hydrogen-bond donors (Lipinski definition) is 1. The third kappa shape index (κ3) is 2.08. The van der Waals surface area contributed by atoms with Crippen LogP contribution in [0.3, 0.4) is 0 Å². The molecule has 0 saturated carbocycles. The Morgan fingerprint density at radius 3 is 2.71 bits per heavy atom. The maximum absolute atomic E-state index is 11.6. The Morgan fingerprint density at radius 2 is 2.29 bits per heavy atom. The summed E-state index contributed by atoms with van der Waals surface area (Å²) in [6.45, 7) is 1.45. The SMILES string of the molecule is CC(C(=O)O)N(C)C(=O)c1cscn1. The number of rotatable bonds is 3. The van der Waals surface area contributed by atoms with Gasteiger partial charge in [0.25, 0.3) is 5.91 Å². The molecule has 5 nitrogen and oxygen atoms in total. The summed E-state index contributed by atoms with van der Waals surface area (Å²) in [7, 11) is 1.44. The summed E-state index contributed by atoms with van der Waals surface area (Å²) < 4.78 is 0. The van der Waals surface area contributed by atoms with Gasteiger partial charge < -0.3 is 10.0 Å². The molecule has 0 aliphatic carbocycles. The first kappa shape index (κ1) is 10.6. The minimum Gasteiger partial charge on any atom is -0.480 e. The second-order valence-corrected chi connectivity index (χ2v) is 3.52. The first-order chi connectivity index (χ1) is 6.54. The van der Waals surface area contributed by atoms with Crippen molar-refractivity contribution in [1.29, 1.82) is 0 Å². The smallest absolute Gasteiger partial charge is 0.326 e. The lowest BCUT2D eigenvalue weighted by Crippen LogP contribution is -2.40. The normalized spacial score (nSPS) is 12.1. The lowest BCUT2D eigenvalue weighted by Gasteiger charge is -2.20. The molecule has 0 bridgehead atoms. The van der Waals surface area contributed by atoms with Crippen molar-refractivity contribution in [2.24, 2.45) is 0 Å². The van der Waals surface area contributed by atoms with Gasteiger partial charge >= 0.3 is 5.97 Å². The van der Waals surface area contributed by atoms with Crippen LogP contribution in [-0.4, -0.2) is 40.0 Å². The van der Waals surface area contributed by atoms with E-state index in [9.17, 15) is 9.59 Å². The Labute approximate surface area is 85.0 Å². The number of carbonyl (C=O) groups is 2. The summed E-state index contributed by atoms with van der Waals surface area (Å²) in [6.07, 6.45) is 0. The number of aromatic nitrogens is 1. The number of thiazole rings is 1. The summed E-state index contributed by atoms with van der Waals surface area (Å²) in [6, 6.07) is -0.843. The maximum atomic E-state index is 11.6. The predicted molar refractivity (Wildman–Crippen MR) is 51.3 cm³/mol. The maximum Gasteiger partial charge on any atom is 0.326 e. The topological polar surface area (TPSA) is 70.5 Å². The summed E-state index contributed by atoms with van der Waals surface area (Å²) in [4.78, 5) is 27.1. The first-order valence-corrected chi connectivity index (χ1v) is 4.86. The number of carbonyl (C=O) groups excluding carboxylic acids is 1. The fraction of sp³-hybridized carbons (Fsp3) is 0.375. The van der Waals surface area contributed by atoms with Crippen LogP contribution in [-0.2, 0) is 4.79 Å². The molecule has 0 aromatic carbocycles. The van der Waals surface area contributed by atoms with Gasteiger partial charge in [-0.25, -0.2) is 9.78 Å². The van der Waals surface area contributed by atoms with Gasteiger partial charge in [-0.15, -0.1) is 11.3 Å². The molecular weight excluding hydrogens is 204 g/mol. The summed E-state index contributed by atoms with van der Waals surface area (Å²) >= 11 is 1.30. The highest BCUT2D eigenvalue weighted by atomic mass is 32.1. The summed E-state index contributed by atoms with van der Waals surface area (Å²) in [5.74, 6) is -1.41. The first-order valence-electron chi connectivity index (χ1n) is 3.92. The zero-order valence-corrected chi connectivity index (χ0v) is 8.61. The van der Waals surface area contributed by atoms with Crippen molar-refractivity contribution < 1.29 is 14.7 Å². The molecule has 6 heteroatoms. The van der Waals surface area contributed by atoms with E-state index in [-0.39, 0.29) is 11.6 Å². The minimum atomic E-state index is -1.03. The second-order valence-electron chi connectivity index (χ2n) is 2.80. The van der Waals surface area contributed by atoms with Gasteiger partial charge in [0, 0.05) is 12.4 Å². The van der Waals surface area contributed by atoms with Crippen LogP contribution in [0.1, 0.15) is 17.4 Å². The zero-order chi connectivity index (χ0) is 10.7. The van der Waals surface area contributed by atoms with E-state index in [1.54, 1.807) is 5.38 Å². The van der Waals surface area contributed by atoms with Crippen molar-refractivity contribution in [1.82, 2.24) is 9.88 Å². The number of carboxylic acid groups (broad SMARTS) is 1. The van der Waals surface area contributed by atoms with Crippen molar-refractivity contribution in [3.05, 3.63) is 16.6 Å². The molecule has 76 valence electrons. The standard InChI is InChI=1S/C8H10N2O3S/c1-5(8(12)13)10(2)7(11)6-3-14-4-9-6/h3-5H,1-2H3,(H,12,13). The average Bonchev–Trinajstić information content (AvgIpc) is 2.67. The molecule has 0 aliphatic rings. The molecule has 1 unspecified atom stereocenters. The van der Waals surface area contributed by atoms with Crippen LogP contribution in [0.2, 0.25) is 0 Å². The Hall–Kier alpha value is -1.43. The molecule has 1 N–H and O–H groups in total. The van der Waals surface area contributed by atoms with E-state index < -0.39 is 12.0 Å². The number of carboxylic acids is 1. The van der Waals surface area contributed by atoms with Gasteiger partial charge in [-0.1, -0.05) is 0 Å². The zero-order valence-electron chi connectivity index (χ0n) is 7.80. The van der Waals surface area contributed by atoms with Crippen LogP contribution >= 0.6 is 11.3 Å². The van der Waals surface area contributed by atoms with Crippen LogP contribution in [0.25, 0.3) is 0 Å². The number of hydrogen-bond acceptors (Lipinski definition) is 4. The highest BCUT2D eigenvalue weighted by molar-refractivity contribution is 7.07. The monoisotopic (exact) mass is 214 g/mol. The van der Waals surface area contributed by atoms with E-state index in [2.05, 4.69) is 4.98 Å². The number of amides is 1. The summed E-state index contributed by atoms with van der Waals surface area (Å²) in [5, 5.41) is 10.3. The predicted octanol–water partition coefficient (Wildman–Crippen LogP) is 0.688. The van der Waals surface area contributed by atoms with E-state index in [0.717, 1.165) is 4.90 Å². The molecule has 14 heavy (non-hydrogen) atoms. The number of nitrogens with zero attached hydrogens (tertiary/aromatic N) is 2. The molecule has 0 spiro atoms. The quantitative estimate of drug-likeness (QED) is 0.803. The van der Waals surface area contributed by atoms with Crippen molar-refractivity contribution in [2.75, 3.05) is 7.05 Å². The lowest BCUT2D eigenvalue weighted by molar-refractivity contribution is -0.141. The molecule has 0 aliphatic heterocycles. The molecule has 1 amide bonds. The molecule has 0 fully saturated rings. The van der Waals surface area contributed by atoms with Crippen molar-refractivity contribution >= 4 is 23.2 Å². The van der Waals surface area contributed by atoms with Crippen LogP contribution in [0.5, 0.6) is 0 Å². The molecule has 1 atom stereocenters. The largest absolute Gasteiger partial charge is 0.480 e. The molecule has 1 heterocycles. The number of likely N-dealkylation sites (N-methyl/N-ethyl adjacent to an activating group) is 1. The van der Waals surface area contributed by atoms with Crippen LogP contribution in [0.15, 0.2) is 10.9 Å². The van der Waals surface area contributed by atoms with Crippen LogP contribution in [0.4, 0.5) is 0 Å². The van der Waals surface area contributed by atoms with Gasteiger partial charge in [0.2, 0.25) is 0 Å². The highest BCUT2D eigenvalue weighted by Crippen LogP contribution is 2.07.